The van der Waals surface area contributed by atoms with Crippen molar-refractivity contribution in [3.8, 4) is 23.1 Å². The number of hydrogen-bond acceptors (Lipinski definition) is 4. The summed E-state index contributed by atoms with van der Waals surface area (Å²) in [4.78, 5) is 16.7. The minimum atomic E-state index is -0.336. The second-order valence-electron chi connectivity index (χ2n) is 6.38. The first kappa shape index (κ1) is 17.6. The van der Waals surface area contributed by atoms with E-state index in [0.717, 1.165) is 16.8 Å². The molecule has 1 aliphatic heterocycles. The Hall–Kier alpha value is -3.79. The van der Waals surface area contributed by atoms with E-state index in [0.29, 0.717) is 30.2 Å². The number of hydrogen-bond donors (Lipinski definition) is 2. The van der Waals surface area contributed by atoms with Crippen molar-refractivity contribution in [1.82, 2.24) is 14.9 Å². The third-order valence-electron chi connectivity index (χ3n) is 4.71. The Morgan fingerprint density at radius 3 is 3.00 bits per heavy atom. The number of carbonyl (C=O) groups excluding carboxylic acids is 1. The lowest BCUT2D eigenvalue weighted by Crippen LogP contribution is -2.33. The fourth-order valence-corrected chi connectivity index (χ4v) is 3.47. The van der Waals surface area contributed by atoms with E-state index in [4.69, 9.17) is 10.00 Å². The fraction of sp³-hybridized carbons (Fsp3) is 0.190. The first-order chi connectivity index (χ1) is 13.7. The van der Waals surface area contributed by atoms with E-state index in [2.05, 4.69) is 38.4 Å². The third-order valence-corrected chi connectivity index (χ3v) is 4.71. The van der Waals surface area contributed by atoms with Crippen LogP contribution in [0.5, 0.6) is 5.75 Å². The first-order valence-electron chi connectivity index (χ1n) is 9.04. The molecule has 0 aliphatic carbocycles. The predicted octanol–water partition coefficient (Wildman–Crippen LogP) is 3.54. The van der Waals surface area contributed by atoms with E-state index in [9.17, 15) is 4.79 Å². The lowest BCUT2D eigenvalue weighted by Gasteiger charge is -2.17. The number of ether oxygens (including phenoxy) is 1. The van der Waals surface area contributed by atoms with Gasteiger partial charge in [-0.2, -0.15) is 5.26 Å². The number of nitrogens with zero attached hydrogens (tertiary/aromatic N) is 3. The highest BCUT2D eigenvalue weighted by molar-refractivity contribution is 5.91. The highest BCUT2D eigenvalue weighted by Crippen LogP contribution is 2.38. The van der Waals surface area contributed by atoms with Crippen molar-refractivity contribution in [3.63, 3.8) is 0 Å². The van der Waals surface area contributed by atoms with Crippen LogP contribution in [0.15, 0.2) is 55.0 Å². The number of nitriles is 1. The summed E-state index contributed by atoms with van der Waals surface area (Å²) in [5.74, 6) is 0.472. The van der Waals surface area contributed by atoms with Crippen LogP contribution in [0.4, 0.5) is 10.5 Å². The Balaban J connectivity index is 1.47. The molecule has 0 saturated carbocycles. The molecule has 28 heavy (non-hydrogen) atoms. The number of rotatable bonds is 5. The number of carbonyl (C=O) groups is 1. The first-order valence-corrected chi connectivity index (χ1v) is 9.04. The molecular formula is C21H19N5O2. The summed E-state index contributed by atoms with van der Waals surface area (Å²) in [6.07, 6.45) is 3.62. The lowest BCUT2D eigenvalue weighted by molar-refractivity contribution is 0.251. The van der Waals surface area contributed by atoms with Crippen molar-refractivity contribution in [3.05, 3.63) is 66.1 Å². The zero-order chi connectivity index (χ0) is 19.5. The van der Waals surface area contributed by atoms with Crippen molar-refractivity contribution in [2.45, 2.75) is 13.0 Å². The second kappa shape index (κ2) is 7.45. The van der Waals surface area contributed by atoms with Gasteiger partial charge in [0, 0.05) is 18.2 Å². The maximum absolute atomic E-state index is 12.5. The van der Waals surface area contributed by atoms with Gasteiger partial charge in [0.25, 0.3) is 0 Å². The largest absolute Gasteiger partial charge is 0.492 e. The molecule has 2 N–H and O–H groups in total. The number of nitrogens with one attached hydrogen (secondary N) is 2. The summed E-state index contributed by atoms with van der Waals surface area (Å²) in [5.41, 5.74) is 4.35. The van der Waals surface area contributed by atoms with E-state index in [1.54, 1.807) is 24.5 Å². The van der Waals surface area contributed by atoms with Gasteiger partial charge in [-0.3, -0.25) is 0 Å². The van der Waals surface area contributed by atoms with Crippen molar-refractivity contribution in [2.75, 3.05) is 18.5 Å². The smallest absolute Gasteiger partial charge is 0.319 e. The zero-order valence-electron chi connectivity index (χ0n) is 15.3. The predicted molar refractivity (Wildman–Crippen MR) is 105 cm³/mol. The number of imidazole rings is 1. The molecule has 0 bridgehead atoms. The van der Waals surface area contributed by atoms with E-state index in [-0.39, 0.29) is 12.1 Å². The normalized spacial score (nSPS) is 13.9. The average molecular weight is 373 g/mol. The molecule has 2 aromatic carbocycles. The van der Waals surface area contributed by atoms with Crippen LogP contribution in [0.1, 0.15) is 24.1 Å². The summed E-state index contributed by atoms with van der Waals surface area (Å²) >= 11 is 0. The van der Waals surface area contributed by atoms with Crippen LogP contribution in [-0.4, -0.2) is 28.7 Å². The van der Waals surface area contributed by atoms with Crippen LogP contribution in [0.2, 0.25) is 0 Å². The van der Waals surface area contributed by atoms with E-state index in [1.807, 2.05) is 25.3 Å². The Bertz CT molecular complexity index is 1070. The van der Waals surface area contributed by atoms with Gasteiger partial charge in [0.1, 0.15) is 5.75 Å². The molecule has 0 saturated heterocycles. The fourth-order valence-electron chi connectivity index (χ4n) is 3.47. The maximum Gasteiger partial charge on any atom is 0.319 e. The Morgan fingerprint density at radius 2 is 2.18 bits per heavy atom. The van der Waals surface area contributed by atoms with Crippen LogP contribution < -0.4 is 15.4 Å². The van der Waals surface area contributed by atoms with Gasteiger partial charge in [0.2, 0.25) is 0 Å². The Labute approximate surface area is 162 Å². The van der Waals surface area contributed by atoms with E-state index < -0.39 is 0 Å². The maximum atomic E-state index is 12.5. The minimum absolute atomic E-state index is 0.00761. The van der Waals surface area contributed by atoms with Gasteiger partial charge >= 0.3 is 6.03 Å². The molecule has 3 aromatic rings. The molecule has 7 heteroatoms. The van der Waals surface area contributed by atoms with Gasteiger partial charge in [-0.25, -0.2) is 9.78 Å². The van der Waals surface area contributed by atoms with Gasteiger partial charge in [-0.05, 0) is 24.6 Å². The molecule has 1 aliphatic rings. The number of fused-ring (bicyclic) bond motifs is 3. The van der Waals surface area contributed by atoms with Crippen molar-refractivity contribution >= 4 is 11.7 Å². The summed E-state index contributed by atoms with van der Waals surface area (Å²) in [6.45, 7) is 2.71. The van der Waals surface area contributed by atoms with Crippen LogP contribution >= 0.6 is 0 Å². The highest BCUT2D eigenvalue weighted by Gasteiger charge is 2.28. The molecule has 2 heterocycles. The minimum Gasteiger partial charge on any atom is -0.492 e. The summed E-state index contributed by atoms with van der Waals surface area (Å²) in [5, 5.41) is 14.8. The van der Waals surface area contributed by atoms with E-state index in [1.165, 1.54) is 0 Å². The molecule has 1 atom stereocenters. The molecule has 1 unspecified atom stereocenters. The van der Waals surface area contributed by atoms with Gasteiger partial charge in [0.05, 0.1) is 48.2 Å². The highest BCUT2D eigenvalue weighted by atomic mass is 16.5. The van der Waals surface area contributed by atoms with Crippen LogP contribution in [0.25, 0.3) is 11.3 Å². The summed E-state index contributed by atoms with van der Waals surface area (Å²) in [6, 6.07) is 14.8. The quantitative estimate of drug-likeness (QED) is 0.715. The second-order valence-corrected chi connectivity index (χ2v) is 6.38. The SMILES string of the molecule is CCOc1cc(C#N)ccc1NC(=O)NCC1c2ccccc2-c2cncn21. The van der Waals surface area contributed by atoms with Crippen molar-refractivity contribution < 1.29 is 9.53 Å². The number of urea groups is 1. The van der Waals surface area contributed by atoms with Crippen molar-refractivity contribution in [1.29, 1.82) is 5.26 Å². The molecule has 1 aromatic heterocycles. The van der Waals surface area contributed by atoms with E-state index >= 15 is 0 Å². The standard InChI is InChI=1S/C21H19N5O2/c1-2-28-20-9-14(10-22)7-8-17(20)25-21(27)24-12-19-16-6-4-3-5-15(16)18-11-23-13-26(18)19/h3-9,11,13,19H,2,12H2,1H3,(H2,24,25,27). The van der Waals surface area contributed by atoms with Crippen molar-refractivity contribution in [2.24, 2.45) is 0 Å². The van der Waals surface area contributed by atoms with Crippen LogP contribution in [0.3, 0.4) is 0 Å². The van der Waals surface area contributed by atoms with Gasteiger partial charge in [-0.1, -0.05) is 24.3 Å². The van der Waals surface area contributed by atoms with Gasteiger partial charge in [-0.15, -0.1) is 0 Å². The Kier molecular flexibility index (Phi) is 4.68. The van der Waals surface area contributed by atoms with Gasteiger partial charge < -0.3 is 19.9 Å². The van der Waals surface area contributed by atoms with Crippen LogP contribution in [0, 0.1) is 11.3 Å². The van der Waals surface area contributed by atoms with Crippen LogP contribution in [-0.2, 0) is 0 Å². The molecule has 7 nitrogen and oxygen atoms in total. The molecule has 2 amide bonds. The topological polar surface area (TPSA) is 92.0 Å². The number of anilines is 1. The monoisotopic (exact) mass is 373 g/mol. The molecule has 4 rings (SSSR count). The third kappa shape index (κ3) is 3.16. The molecule has 140 valence electrons. The number of benzene rings is 2. The molecule has 0 fully saturated rings. The zero-order valence-corrected chi connectivity index (χ0v) is 15.3. The molecule has 0 radical (unpaired) electrons. The molecular weight excluding hydrogens is 354 g/mol. The Morgan fingerprint density at radius 1 is 1.32 bits per heavy atom. The average Bonchev–Trinajstić information content (AvgIpc) is 3.29. The number of aromatic nitrogens is 2. The molecule has 0 spiro atoms. The summed E-state index contributed by atoms with van der Waals surface area (Å²) in [7, 11) is 0. The lowest BCUT2D eigenvalue weighted by atomic mass is 10.0. The summed E-state index contributed by atoms with van der Waals surface area (Å²) < 4.78 is 7.60. The number of amides is 2. The van der Waals surface area contributed by atoms with Gasteiger partial charge in [0.15, 0.2) is 0 Å².